The van der Waals surface area contributed by atoms with Gasteiger partial charge in [0.2, 0.25) is 0 Å². The molecule has 0 aliphatic carbocycles. The third kappa shape index (κ3) is 3.21. The minimum Gasteiger partial charge on any atom is -0.457 e. The zero-order chi connectivity index (χ0) is 14.7. The second-order valence-corrected chi connectivity index (χ2v) is 5.33. The lowest BCUT2D eigenvalue weighted by molar-refractivity contribution is 0.483. The van der Waals surface area contributed by atoms with Crippen molar-refractivity contribution >= 4 is 23.2 Å². The first kappa shape index (κ1) is 14.0. The molecule has 3 aromatic rings. The van der Waals surface area contributed by atoms with Crippen LogP contribution < -0.4 is 4.74 Å². The summed E-state index contributed by atoms with van der Waals surface area (Å²) in [7, 11) is 0. The highest BCUT2D eigenvalue weighted by molar-refractivity contribution is 6.43. The molecule has 0 saturated carbocycles. The van der Waals surface area contributed by atoms with Crippen molar-refractivity contribution in [2.24, 2.45) is 0 Å². The zero-order valence-corrected chi connectivity index (χ0v) is 12.6. The maximum absolute atomic E-state index is 6.23. The summed E-state index contributed by atoms with van der Waals surface area (Å²) in [5.74, 6) is 1.59. The zero-order valence-electron chi connectivity index (χ0n) is 11.1. The number of halogens is 2. The average Bonchev–Trinajstić information content (AvgIpc) is 2.52. The highest BCUT2D eigenvalue weighted by atomic mass is 35.5. The maximum Gasteiger partial charge on any atom is 0.127 e. The van der Waals surface area contributed by atoms with Crippen molar-refractivity contribution in [1.29, 1.82) is 0 Å². The fraction of sp³-hybridized carbons (Fsp3) is 0. The molecule has 0 bridgehead atoms. The van der Waals surface area contributed by atoms with Gasteiger partial charge < -0.3 is 4.74 Å². The second-order valence-electron chi connectivity index (χ2n) is 4.54. The number of para-hydroxylation sites is 1. The Balaban J connectivity index is 1.86. The van der Waals surface area contributed by atoms with Gasteiger partial charge in [-0.2, -0.15) is 0 Å². The van der Waals surface area contributed by atoms with Crippen LogP contribution in [-0.2, 0) is 0 Å². The van der Waals surface area contributed by atoms with E-state index in [1.807, 2.05) is 66.7 Å². The van der Waals surface area contributed by atoms with Crippen LogP contribution in [0.15, 0.2) is 72.8 Å². The second kappa shape index (κ2) is 6.21. The largest absolute Gasteiger partial charge is 0.457 e. The average molecular weight is 315 g/mol. The predicted molar refractivity (Wildman–Crippen MR) is 88.4 cm³/mol. The molecule has 1 nitrogen and oxygen atoms in total. The first-order valence-corrected chi connectivity index (χ1v) is 7.27. The van der Waals surface area contributed by atoms with E-state index in [1.165, 1.54) is 0 Å². The van der Waals surface area contributed by atoms with Gasteiger partial charge in [-0.1, -0.05) is 65.7 Å². The quantitative estimate of drug-likeness (QED) is 0.539. The molecule has 21 heavy (non-hydrogen) atoms. The molecule has 0 atom stereocenters. The number of hydrogen-bond acceptors (Lipinski definition) is 1. The number of ether oxygens (including phenoxy) is 1. The summed E-state index contributed by atoms with van der Waals surface area (Å²) >= 11 is 12.3. The van der Waals surface area contributed by atoms with Crippen LogP contribution in [0.1, 0.15) is 0 Å². The SMILES string of the molecule is Clc1cccc(-c2ccc(Oc3ccccc3)cc2)c1Cl. The molecular formula is C18H12Cl2O. The molecule has 0 saturated heterocycles. The molecule has 0 amide bonds. The fourth-order valence-corrected chi connectivity index (χ4v) is 2.46. The number of benzene rings is 3. The molecule has 0 aliphatic rings. The van der Waals surface area contributed by atoms with E-state index in [1.54, 1.807) is 6.07 Å². The van der Waals surface area contributed by atoms with Gasteiger partial charge in [0.1, 0.15) is 11.5 Å². The Bertz CT molecular complexity index is 737. The lowest BCUT2D eigenvalue weighted by Gasteiger charge is -2.08. The van der Waals surface area contributed by atoms with Gasteiger partial charge in [0.15, 0.2) is 0 Å². The Morgan fingerprint density at radius 3 is 2.00 bits per heavy atom. The van der Waals surface area contributed by atoms with Crippen LogP contribution in [0, 0.1) is 0 Å². The molecule has 3 heteroatoms. The Morgan fingerprint density at radius 1 is 0.619 bits per heavy atom. The van der Waals surface area contributed by atoms with Crippen molar-refractivity contribution in [2.75, 3.05) is 0 Å². The van der Waals surface area contributed by atoms with E-state index in [4.69, 9.17) is 27.9 Å². The summed E-state index contributed by atoms with van der Waals surface area (Å²) in [5.41, 5.74) is 1.92. The van der Waals surface area contributed by atoms with Gasteiger partial charge in [0, 0.05) is 5.56 Å². The van der Waals surface area contributed by atoms with Gasteiger partial charge in [0.25, 0.3) is 0 Å². The first-order chi connectivity index (χ1) is 10.2. The standard InChI is InChI=1S/C18H12Cl2O/c19-17-8-4-7-16(18(17)20)13-9-11-15(12-10-13)21-14-5-2-1-3-6-14/h1-12H. The summed E-state index contributed by atoms with van der Waals surface area (Å²) in [6, 6.07) is 23.1. The summed E-state index contributed by atoms with van der Waals surface area (Å²) in [6.45, 7) is 0. The Kier molecular flexibility index (Phi) is 4.14. The number of hydrogen-bond donors (Lipinski definition) is 0. The molecule has 0 unspecified atom stereocenters. The summed E-state index contributed by atoms with van der Waals surface area (Å²) in [4.78, 5) is 0. The van der Waals surface area contributed by atoms with Crippen LogP contribution in [0.3, 0.4) is 0 Å². The molecular weight excluding hydrogens is 303 g/mol. The van der Waals surface area contributed by atoms with Gasteiger partial charge in [-0.3, -0.25) is 0 Å². The molecule has 104 valence electrons. The summed E-state index contributed by atoms with van der Waals surface area (Å²) in [5, 5.41) is 1.12. The van der Waals surface area contributed by atoms with Gasteiger partial charge in [-0.15, -0.1) is 0 Å². The Hall–Kier alpha value is -1.96. The van der Waals surface area contributed by atoms with Crippen LogP contribution >= 0.6 is 23.2 Å². The van der Waals surface area contributed by atoms with Crippen molar-refractivity contribution in [1.82, 2.24) is 0 Å². The van der Waals surface area contributed by atoms with Crippen LogP contribution in [0.4, 0.5) is 0 Å². The number of rotatable bonds is 3. The van der Waals surface area contributed by atoms with E-state index in [0.717, 1.165) is 22.6 Å². The van der Waals surface area contributed by atoms with E-state index >= 15 is 0 Å². The van der Waals surface area contributed by atoms with Crippen molar-refractivity contribution in [3.63, 3.8) is 0 Å². The van der Waals surface area contributed by atoms with Gasteiger partial charge >= 0.3 is 0 Å². The molecule has 3 aromatic carbocycles. The van der Waals surface area contributed by atoms with Crippen molar-refractivity contribution in [3.8, 4) is 22.6 Å². The first-order valence-electron chi connectivity index (χ1n) is 6.51. The minimum absolute atomic E-state index is 0.554. The summed E-state index contributed by atoms with van der Waals surface area (Å²) < 4.78 is 5.76. The van der Waals surface area contributed by atoms with Crippen molar-refractivity contribution in [3.05, 3.63) is 82.8 Å². The van der Waals surface area contributed by atoms with Crippen LogP contribution in [0.5, 0.6) is 11.5 Å². The molecule has 0 fully saturated rings. The smallest absolute Gasteiger partial charge is 0.127 e. The fourth-order valence-electron chi connectivity index (χ4n) is 2.05. The van der Waals surface area contributed by atoms with E-state index in [9.17, 15) is 0 Å². The van der Waals surface area contributed by atoms with Gasteiger partial charge in [-0.25, -0.2) is 0 Å². The van der Waals surface area contributed by atoms with Crippen molar-refractivity contribution in [2.45, 2.75) is 0 Å². The topological polar surface area (TPSA) is 9.23 Å². The highest BCUT2D eigenvalue weighted by Gasteiger charge is 2.07. The monoisotopic (exact) mass is 314 g/mol. The van der Waals surface area contributed by atoms with E-state index in [-0.39, 0.29) is 0 Å². The molecule has 0 spiro atoms. The molecule has 3 rings (SSSR count). The third-order valence-electron chi connectivity index (χ3n) is 3.10. The van der Waals surface area contributed by atoms with Crippen LogP contribution in [0.2, 0.25) is 10.0 Å². The Labute approximate surface area is 133 Å². The minimum atomic E-state index is 0.554. The molecule has 0 aromatic heterocycles. The predicted octanol–water partition coefficient (Wildman–Crippen LogP) is 6.45. The molecule has 0 N–H and O–H groups in total. The van der Waals surface area contributed by atoms with E-state index in [2.05, 4.69) is 0 Å². The van der Waals surface area contributed by atoms with Gasteiger partial charge in [0.05, 0.1) is 10.0 Å². The van der Waals surface area contributed by atoms with E-state index < -0.39 is 0 Å². The molecule has 0 aliphatic heterocycles. The van der Waals surface area contributed by atoms with Gasteiger partial charge in [-0.05, 0) is 35.9 Å². The van der Waals surface area contributed by atoms with Crippen molar-refractivity contribution < 1.29 is 4.74 Å². The normalized spacial score (nSPS) is 10.4. The van der Waals surface area contributed by atoms with Crippen LogP contribution in [-0.4, -0.2) is 0 Å². The third-order valence-corrected chi connectivity index (χ3v) is 3.91. The maximum atomic E-state index is 6.23. The highest BCUT2D eigenvalue weighted by Crippen LogP contribution is 2.34. The van der Waals surface area contributed by atoms with Crippen LogP contribution in [0.25, 0.3) is 11.1 Å². The van der Waals surface area contributed by atoms with E-state index in [0.29, 0.717) is 10.0 Å². The molecule has 0 heterocycles. The molecule has 0 radical (unpaired) electrons. The lowest BCUT2D eigenvalue weighted by Crippen LogP contribution is -1.85. The Morgan fingerprint density at radius 2 is 1.29 bits per heavy atom. The lowest BCUT2D eigenvalue weighted by atomic mass is 10.1. The summed E-state index contributed by atoms with van der Waals surface area (Å²) in [6.07, 6.45) is 0.